The van der Waals surface area contributed by atoms with E-state index in [1.54, 1.807) is 13.2 Å². The highest BCUT2D eigenvalue weighted by Crippen LogP contribution is 2.25. The lowest BCUT2D eigenvalue weighted by molar-refractivity contribution is 0.0920. The van der Waals surface area contributed by atoms with Gasteiger partial charge in [0.25, 0.3) is 5.91 Å². The zero-order valence-electron chi connectivity index (χ0n) is 18.9. The molecule has 1 fully saturated rings. The van der Waals surface area contributed by atoms with Crippen LogP contribution in [0.4, 0.5) is 5.82 Å². The molecule has 0 aromatic carbocycles. The highest BCUT2D eigenvalue weighted by molar-refractivity contribution is 7.98. The first-order chi connectivity index (χ1) is 15.0. The maximum atomic E-state index is 12.2. The largest absolute Gasteiger partial charge is 0.455 e. The maximum Gasteiger partial charge on any atom is 0.287 e. The Kier molecular flexibility index (Phi) is 8.74. The van der Waals surface area contributed by atoms with Gasteiger partial charge in [-0.1, -0.05) is 32.5 Å². The van der Waals surface area contributed by atoms with Crippen LogP contribution in [0.15, 0.2) is 27.8 Å². The van der Waals surface area contributed by atoms with Crippen LogP contribution in [0.1, 0.15) is 42.8 Å². The smallest absolute Gasteiger partial charge is 0.287 e. The number of nitrogens with one attached hydrogen (secondary N) is 1. The molecule has 1 aliphatic rings. The molecule has 170 valence electrons. The van der Waals surface area contributed by atoms with Crippen molar-refractivity contribution in [2.24, 2.45) is 5.92 Å². The Morgan fingerprint density at radius 2 is 2.03 bits per heavy atom. The summed E-state index contributed by atoms with van der Waals surface area (Å²) < 4.78 is 11.0. The Morgan fingerprint density at radius 1 is 1.26 bits per heavy atom. The monoisotopic (exact) mass is 447 g/mol. The lowest BCUT2D eigenvalue weighted by Crippen LogP contribution is -2.46. The van der Waals surface area contributed by atoms with Gasteiger partial charge in [0.15, 0.2) is 10.9 Å². The summed E-state index contributed by atoms with van der Waals surface area (Å²) in [6.07, 6.45) is 0. The summed E-state index contributed by atoms with van der Waals surface area (Å²) in [6.45, 7) is 12.4. The molecule has 0 atom stereocenters. The molecular weight excluding hydrogens is 414 g/mol. The van der Waals surface area contributed by atoms with Crippen LogP contribution < -0.4 is 10.2 Å². The Labute approximate surface area is 188 Å². The number of rotatable bonds is 10. The summed E-state index contributed by atoms with van der Waals surface area (Å²) in [4.78, 5) is 26.3. The number of thioether (sulfide) groups is 1. The van der Waals surface area contributed by atoms with E-state index in [1.165, 1.54) is 11.8 Å². The topological polar surface area (TPSA) is 83.7 Å². The molecule has 1 saturated heterocycles. The number of furan rings is 1. The lowest BCUT2D eigenvalue weighted by Gasteiger charge is -2.34. The molecule has 1 N–H and O–H groups in total. The molecule has 3 heterocycles. The predicted octanol–water partition coefficient (Wildman–Crippen LogP) is 3.04. The number of likely N-dealkylation sites (N-methyl/N-ethyl adjacent to an activating group) is 1. The molecule has 0 spiro atoms. The SMILES string of the molecule is CCN1CCN(c2cc(COC)nc(SCc3ccc(C(=O)NCC(C)C)o3)n2)CC1. The van der Waals surface area contributed by atoms with Gasteiger partial charge in [-0.25, -0.2) is 9.97 Å². The van der Waals surface area contributed by atoms with Gasteiger partial charge in [0.05, 0.1) is 18.1 Å². The van der Waals surface area contributed by atoms with Crippen molar-refractivity contribution in [2.75, 3.05) is 51.3 Å². The van der Waals surface area contributed by atoms with E-state index in [9.17, 15) is 4.79 Å². The summed E-state index contributed by atoms with van der Waals surface area (Å²) in [6, 6.07) is 5.56. The fourth-order valence-electron chi connectivity index (χ4n) is 3.30. The second-order valence-electron chi connectivity index (χ2n) is 8.01. The minimum atomic E-state index is -0.184. The van der Waals surface area contributed by atoms with Crippen molar-refractivity contribution < 1.29 is 13.9 Å². The zero-order chi connectivity index (χ0) is 22.2. The maximum absolute atomic E-state index is 12.2. The molecule has 1 amide bonds. The van der Waals surface area contributed by atoms with Crippen molar-refractivity contribution in [2.45, 2.75) is 38.3 Å². The third-order valence-corrected chi connectivity index (χ3v) is 5.95. The minimum Gasteiger partial charge on any atom is -0.455 e. The van der Waals surface area contributed by atoms with Crippen molar-refractivity contribution in [3.05, 3.63) is 35.4 Å². The first-order valence-electron chi connectivity index (χ1n) is 10.8. The summed E-state index contributed by atoms with van der Waals surface area (Å²) >= 11 is 1.50. The van der Waals surface area contributed by atoms with E-state index in [4.69, 9.17) is 14.1 Å². The van der Waals surface area contributed by atoms with Crippen LogP contribution in [0.25, 0.3) is 0 Å². The number of aromatic nitrogens is 2. The van der Waals surface area contributed by atoms with Crippen LogP contribution in [0.5, 0.6) is 0 Å². The third kappa shape index (κ3) is 6.95. The predicted molar refractivity (Wildman–Crippen MR) is 123 cm³/mol. The fraction of sp³-hybridized carbons (Fsp3) is 0.591. The number of ether oxygens (including phenoxy) is 1. The van der Waals surface area contributed by atoms with Crippen molar-refractivity contribution in [3.63, 3.8) is 0 Å². The Hall–Kier alpha value is -2.10. The van der Waals surface area contributed by atoms with E-state index >= 15 is 0 Å². The molecule has 31 heavy (non-hydrogen) atoms. The highest BCUT2D eigenvalue weighted by atomic mass is 32.2. The van der Waals surface area contributed by atoms with Crippen LogP contribution >= 0.6 is 11.8 Å². The highest BCUT2D eigenvalue weighted by Gasteiger charge is 2.19. The molecule has 8 nitrogen and oxygen atoms in total. The van der Waals surface area contributed by atoms with Crippen LogP contribution in [0.3, 0.4) is 0 Å². The number of carbonyl (C=O) groups excluding carboxylic acids is 1. The molecule has 2 aromatic heterocycles. The van der Waals surface area contributed by atoms with E-state index in [0.717, 1.165) is 50.0 Å². The molecule has 9 heteroatoms. The van der Waals surface area contributed by atoms with Gasteiger partial charge in [0.1, 0.15) is 11.6 Å². The van der Waals surface area contributed by atoms with Crippen LogP contribution in [0.2, 0.25) is 0 Å². The molecule has 0 unspecified atom stereocenters. The van der Waals surface area contributed by atoms with Crippen LogP contribution in [-0.4, -0.2) is 67.2 Å². The molecule has 0 aliphatic carbocycles. The zero-order valence-corrected chi connectivity index (χ0v) is 19.7. The second-order valence-corrected chi connectivity index (χ2v) is 8.96. The normalized spacial score (nSPS) is 14.9. The van der Waals surface area contributed by atoms with E-state index in [0.29, 0.717) is 35.7 Å². The van der Waals surface area contributed by atoms with Gasteiger partial charge in [-0.2, -0.15) is 0 Å². The molecule has 0 bridgehead atoms. The number of carbonyl (C=O) groups is 1. The van der Waals surface area contributed by atoms with Crippen molar-refractivity contribution in [1.82, 2.24) is 20.2 Å². The van der Waals surface area contributed by atoms with Crippen LogP contribution in [-0.2, 0) is 17.1 Å². The average Bonchev–Trinajstić information content (AvgIpc) is 3.25. The number of hydrogen-bond donors (Lipinski definition) is 1. The standard InChI is InChI=1S/C22H33N5O3S/c1-5-26-8-10-27(11-9-26)20-12-17(14-29-4)24-22(25-20)31-15-18-6-7-19(30-18)21(28)23-13-16(2)3/h6-7,12,16H,5,8-11,13-15H2,1-4H3,(H,23,28). The van der Waals surface area contributed by atoms with Crippen molar-refractivity contribution in [1.29, 1.82) is 0 Å². The summed E-state index contributed by atoms with van der Waals surface area (Å²) in [5.41, 5.74) is 0.862. The van der Waals surface area contributed by atoms with Crippen LogP contribution in [0, 0.1) is 5.92 Å². The van der Waals surface area contributed by atoms with Gasteiger partial charge in [-0.15, -0.1) is 0 Å². The first-order valence-corrected chi connectivity index (χ1v) is 11.8. The van der Waals surface area contributed by atoms with Gasteiger partial charge >= 0.3 is 0 Å². The van der Waals surface area contributed by atoms with Crippen molar-refractivity contribution >= 4 is 23.5 Å². The summed E-state index contributed by atoms with van der Waals surface area (Å²) in [5.74, 6) is 2.75. The Bertz CT molecular complexity index is 849. The number of methoxy groups -OCH3 is 1. The number of amides is 1. The van der Waals surface area contributed by atoms with Gasteiger partial charge in [0, 0.05) is 45.9 Å². The molecular formula is C22H33N5O3S. The molecule has 1 aliphatic heterocycles. The van der Waals surface area contributed by atoms with E-state index in [-0.39, 0.29) is 5.91 Å². The summed E-state index contributed by atoms with van der Waals surface area (Å²) in [7, 11) is 1.67. The molecule has 0 saturated carbocycles. The quantitative estimate of drug-likeness (QED) is 0.440. The van der Waals surface area contributed by atoms with E-state index in [2.05, 4.69) is 40.9 Å². The van der Waals surface area contributed by atoms with E-state index < -0.39 is 0 Å². The molecule has 3 rings (SSSR count). The number of nitrogens with zero attached hydrogens (tertiary/aromatic N) is 4. The van der Waals surface area contributed by atoms with Gasteiger partial charge in [0.2, 0.25) is 0 Å². The Morgan fingerprint density at radius 3 is 2.71 bits per heavy atom. The third-order valence-electron chi connectivity index (χ3n) is 5.08. The number of piperazine rings is 1. The fourth-order valence-corrected chi connectivity index (χ4v) is 4.06. The molecule has 0 radical (unpaired) electrons. The van der Waals surface area contributed by atoms with E-state index in [1.807, 2.05) is 12.1 Å². The Balaban J connectivity index is 1.64. The molecule has 2 aromatic rings. The van der Waals surface area contributed by atoms with Gasteiger partial charge in [-0.3, -0.25) is 4.79 Å². The number of anilines is 1. The lowest BCUT2D eigenvalue weighted by atomic mass is 10.2. The second kappa shape index (κ2) is 11.5. The van der Waals surface area contributed by atoms with Gasteiger partial charge in [-0.05, 0) is 24.6 Å². The first kappa shape index (κ1) is 23.6. The van der Waals surface area contributed by atoms with Crippen molar-refractivity contribution in [3.8, 4) is 0 Å². The van der Waals surface area contributed by atoms with Gasteiger partial charge < -0.3 is 24.3 Å². The average molecular weight is 448 g/mol. The number of hydrogen-bond acceptors (Lipinski definition) is 8. The minimum absolute atomic E-state index is 0.184. The summed E-state index contributed by atoms with van der Waals surface area (Å²) in [5, 5.41) is 3.56.